The molecule has 5 nitrogen and oxygen atoms in total. The van der Waals surface area contributed by atoms with Gasteiger partial charge in [-0.2, -0.15) is 0 Å². The van der Waals surface area contributed by atoms with Gasteiger partial charge >= 0.3 is 0 Å². The molecule has 0 saturated heterocycles. The maximum Gasteiger partial charge on any atom is 0.228 e. The number of rotatable bonds is 5. The molecule has 1 fully saturated rings. The molecule has 0 aliphatic heterocycles. The topological polar surface area (TPSA) is 71.1 Å². The first kappa shape index (κ1) is 17.4. The van der Waals surface area contributed by atoms with Gasteiger partial charge in [-0.3, -0.25) is 14.6 Å². The van der Waals surface area contributed by atoms with Crippen molar-refractivity contribution in [3.8, 4) is 0 Å². The minimum atomic E-state index is -0.422. The van der Waals surface area contributed by atoms with E-state index in [2.05, 4.69) is 15.6 Å². The molecule has 27 heavy (non-hydrogen) atoms. The highest BCUT2D eigenvalue weighted by Crippen LogP contribution is 2.48. The number of fused-ring (bicyclic) bond motifs is 2. The summed E-state index contributed by atoms with van der Waals surface area (Å²) < 4.78 is 13.1. The van der Waals surface area contributed by atoms with E-state index < -0.39 is 11.8 Å². The molecular formula is C21H20FN3O2. The summed E-state index contributed by atoms with van der Waals surface area (Å²) in [5.41, 5.74) is 1.30. The van der Waals surface area contributed by atoms with Gasteiger partial charge in [0, 0.05) is 11.9 Å². The van der Waals surface area contributed by atoms with Gasteiger partial charge in [0.1, 0.15) is 5.82 Å². The summed E-state index contributed by atoms with van der Waals surface area (Å²) in [4.78, 5) is 29.9. The zero-order valence-corrected chi connectivity index (χ0v) is 14.6. The smallest absolute Gasteiger partial charge is 0.228 e. The van der Waals surface area contributed by atoms with Crippen LogP contribution in [0.4, 0.5) is 10.1 Å². The monoisotopic (exact) mass is 365 g/mol. The van der Waals surface area contributed by atoms with Crippen LogP contribution in [0, 0.1) is 29.5 Å². The van der Waals surface area contributed by atoms with Crippen LogP contribution < -0.4 is 10.6 Å². The molecule has 4 atom stereocenters. The van der Waals surface area contributed by atoms with Crippen molar-refractivity contribution < 1.29 is 14.0 Å². The summed E-state index contributed by atoms with van der Waals surface area (Å²) in [5.74, 6) is -1.38. The lowest BCUT2D eigenvalue weighted by atomic mass is 9.81. The molecule has 1 saturated carbocycles. The van der Waals surface area contributed by atoms with Crippen LogP contribution in [0.3, 0.4) is 0 Å². The maximum absolute atomic E-state index is 13.1. The Morgan fingerprint density at radius 1 is 1.00 bits per heavy atom. The van der Waals surface area contributed by atoms with E-state index in [4.69, 9.17) is 0 Å². The molecule has 0 unspecified atom stereocenters. The molecule has 2 aliphatic rings. The molecule has 6 heteroatoms. The largest absolute Gasteiger partial charge is 0.350 e. The number of allylic oxidation sites excluding steroid dienone is 2. The Bertz CT molecular complexity index is 867. The molecule has 0 spiro atoms. The van der Waals surface area contributed by atoms with Crippen LogP contribution in [0.2, 0.25) is 0 Å². The molecule has 138 valence electrons. The standard InChI is InChI=1S/C21H20FN3O2/c22-15-6-8-16(9-7-15)25-21(27)19-14-5-4-13(11-14)18(19)20(26)24-12-17-3-1-2-10-23-17/h1-10,13-14,18-19H,11-12H2,(H,24,26)(H,25,27)/t13-,14+,18-,19+/m1/s1. The van der Waals surface area contributed by atoms with Crippen molar-refractivity contribution in [3.63, 3.8) is 0 Å². The second kappa shape index (κ2) is 7.31. The molecule has 2 bridgehead atoms. The fourth-order valence-electron chi connectivity index (χ4n) is 4.09. The fourth-order valence-corrected chi connectivity index (χ4v) is 4.09. The van der Waals surface area contributed by atoms with Crippen LogP contribution in [0.5, 0.6) is 0 Å². The third kappa shape index (κ3) is 3.60. The van der Waals surface area contributed by atoms with Crippen LogP contribution >= 0.6 is 0 Å². The number of pyridine rings is 1. The van der Waals surface area contributed by atoms with Gasteiger partial charge in [0.2, 0.25) is 11.8 Å². The normalized spacial score (nSPS) is 25.4. The van der Waals surface area contributed by atoms with E-state index >= 15 is 0 Å². The number of benzene rings is 1. The zero-order chi connectivity index (χ0) is 18.8. The molecule has 2 amide bonds. The van der Waals surface area contributed by atoms with Gasteiger partial charge in [-0.05, 0) is 54.7 Å². The third-order valence-corrected chi connectivity index (χ3v) is 5.35. The van der Waals surface area contributed by atoms with Crippen LogP contribution in [-0.2, 0) is 16.1 Å². The van der Waals surface area contributed by atoms with E-state index in [-0.39, 0.29) is 29.5 Å². The molecule has 0 radical (unpaired) electrons. The van der Waals surface area contributed by atoms with Crippen molar-refractivity contribution in [1.29, 1.82) is 0 Å². The predicted molar refractivity (Wildman–Crippen MR) is 98.8 cm³/mol. The number of hydrogen-bond acceptors (Lipinski definition) is 3. The van der Waals surface area contributed by atoms with E-state index in [0.29, 0.717) is 12.2 Å². The Hall–Kier alpha value is -3.02. The number of aromatic nitrogens is 1. The van der Waals surface area contributed by atoms with Crippen LogP contribution in [0.1, 0.15) is 12.1 Å². The average molecular weight is 365 g/mol. The number of anilines is 1. The summed E-state index contributed by atoms with van der Waals surface area (Å²) in [5, 5.41) is 5.74. The third-order valence-electron chi connectivity index (χ3n) is 5.35. The summed E-state index contributed by atoms with van der Waals surface area (Å²) >= 11 is 0. The lowest BCUT2D eigenvalue weighted by molar-refractivity contribution is -0.133. The molecular weight excluding hydrogens is 345 g/mol. The Labute approximate surface area is 156 Å². The van der Waals surface area contributed by atoms with Crippen molar-refractivity contribution >= 4 is 17.5 Å². The first-order valence-corrected chi connectivity index (χ1v) is 9.04. The van der Waals surface area contributed by atoms with Gasteiger partial charge < -0.3 is 10.6 Å². The fraction of sp³-hybridized carbons (Fsp3) is 0.286. The summed E-state index contributed by atoms with van der Waals surface area (Å²) in [7, 11) is 0. The first-order valence-electron chi connectivity index (χ1n) is 9.04. The minimum absolute atomic E-state index is 0.0565. The van der Waals surface area contributed by atoms with Gasteiger partial charge in [-0.1, -0.05) is 18.2 Å². The number of carbonyl (C=O) groups is 2. The first-order chi connectivity index (χ1) is 13.1. The summed E-state index contributed by atoms with van der Waals surface area (Å²) in [6.07, 6.45) is 6.56. The van der Waals surface area contributed by atoms with E-state index in [0.717, 1.165) is 12.1 Å². The molecule has 1 aromatic carbocycles. The van der Waals surface area contributed by atoms with Crippen molar-refractivity contribution in [1.82, 2.24) is 10.3 Å². The van der Waals surface area contributed by atoms with E-state index in [1.54, 1.807) is 6.20 Å². The Morgan fingerprint density at radius 3 is 2.37 bits per heavy atom. The van der Waals surface area contributed by atoms with E-state index in [1.807, 2.05) is 30.4 Å². The number of nitrogens with zero attached hydrogens (tertiary/aromatic N) is 1. The zero-order valence-electron chi connectivity index (χ0n) is 14.6. The lowest BCUT2D eigenvalue weighted by Gasteiger charge is -2.26. The lowest BCUT2D eigenvalue weighted by Crippen LogP contribution is -2.41. The minimum Gasteiger partial charge on any atom is -0.350 e. The predicted octanol–water partition coefficient (Wildman–Crippen LogP) is 2.91. The summed E-state index contributed by atoms with van der Waals surface area (Å²) in [6.45, 7) is 0.337. The molecule has 2 aliphatic carbocycles. The Kier molecular flexibility index (Phi) is 4.71. The maximum atomic E-state index is 13.1. The van der Waals surface area contributed by atoms with Crippen molar-refractivity contribution in [2.24, 2.45) is 23.7 Å². The van der Waals surface area contributed by atoms with Gasteiger partial charge in [-0.15, -0.1) is 0 Å². The molecule has 1 aromatic heterocycles. The summed E-state index contributed by atoms with van der Waals surface area (Å²) in [6, 6.07) is 11.2. The number of hydrogen-bond donors (Lipinski definition) is 2. The van der Waals surface area contributed by atoms with Gasteiger partial charge in [0.05, 0.1) is 24.1 Å². The number of nitrogens with one attached hydrogen (secondary N) is 2. The number of amides is 2. The highest BCUT2D eigenvalue weighted by Gasteiger charge is 2.51. The second-order valence-electron chi connectivity index (χ2n) is 7.03. The molecule has 1 heterocycles. The van der Waals surface area contributed by atoms with Gasteiger partial charge in [0.25, 0.3) is 0 Å². The Morgan fingerprint density at radius 2 is 1.70 bits per heavy atom. The average Bonchev–Trinajstić information content (AvgIpc) is 3.30. The van der Waals surface area contributed by atoms with Gasteiger partial charge in [0.15, 0.2) is 0 Å². The number of halogens is 1. The quantitative estimate of drug-likeness (QED) is 0.801. The molecule has 2 N–H and O–H groups in total. The highest BCUT2D eigenvalue weighted by molar-refractivity contribution is 5.97. The number of carbonyl (C=O) groups excluding carboxylic acids is 2. The highest BCUT2D eigenvalue weighted by atomic mass is 19.1. The molecule has 2 aromatic rings. The van der Waals surface area contributed by atoms with Crippen LogP contribution in [0.15, 0.2) is 60.8 Å². The SMILES string of the molecule is O=C(Nc1ccc(F)cc1)[C@@H]1[C@H](C(=O)NCc2ccccn2)[C@@H]2C=C[C@H]1C2. The molecule has 4 rings (SSSR count). The van der Waals surface area contributed by atoms with Gasteiger partial charge in [-0.25, -0.2) is 4.39 Å². The van der Waals surface area contributed by atoms with E-state index in [1.165, 1.54) is 24.3 Å². The van der Waals surface area contributed by atoms with Crippen molar-refractivity contribution in [2.45, 2.75) is 13.0 Å². The van der Waals surface area contributed by atoms with Crippen molar-refractivity contribution in [3.05, 3.63) is 72.3 Å². The van der Waals surface area contributed by atoms with Crippen LogP contribution in [-0.4, -0.2) is 16.8 Å². The Balaban J connectivity index is 1.45. The van der Waals surface area contributed by atoms with E-state index in [9.17, 15) is 14.0 Å². The van der Waals surface area contributed by atoms with Crippen LogP contribution in [0.25, 0.3) is 0 Å². The second-order valence-corrected chi connectivity index (χ2v) is 7.03. The van der Waals surface area contributed by atoms with Crippen molar-refractivity contribution in [2.75, 3.05) is 5.32 Å².